The van der Waals surface area contributed by atoms with Crippen LogP contribution < -0.4 is 5.56 Å². The number of fused-ring (bicyclic) bond motifs is 3. The van der Waals surface area contributed by atoms with Crippen molar-refractivity contribution >= 4 is 32.5 Å². The van der Waals surface area contributed by atoms with Crippen LogP contribution in [-0.2, 0) is 13.6 Å². The lowest BCUT2D eigenvalue weighted by molar-refractivity contribution is 0.444. The molecule has 0 saturated heterocycles. The first-order valence-corrected chi connectivity index (χ1v) is 8.26. The predicted molar refractivity (Wildman–Crippen MR) is 90.5 cm³/mol. The van der Waals surface area contributed by atoms with Gasteiger partial charge in [0, 0.05) is 17.3 Å². The fourth-order valence-electron chi connectivity index (χ4n) is 3.02. The van der Waals surface area contributed by atoms with Gasteiger partial charge in [-0.25, -0.2) is 17.9 Å². The maximum absolute atomic E-state index is 13.4. The lowest BCUT2D eigenvalue weighted by atomic mass is 10.2. The van der Waals surface area contributed by atoms with Crippen LogP contribution in [0.25, 0.3) is 21.1 Å². The Morgan fingerprint density at radius 1 is 1.16 bits per heavy atom. The molecule has 128 valence electrons. The fraction of sp³-hybridized carbons (Fsp3) is 0.176. The Kier molecular flexibility index (Phi) is 3.47. The average molecular weight is 363 g/mol. The Labute approximate surface area is 143 Å². The molecule has 0 amide bonds. The van der Waals surface area contributed by atoms with Crippen LogP contribution in [0.5, 0.6) is 0 Å². The lowest BCUT2D eigenvalue weighted by Gasteiger charge is -2.07. The van der Waals surface area contributed by atoms with E-state index in [1.54, 1.807) is 29.1 Å². The zero-order valence-corrected chi connectivity index (χ0v) is 14.1. The van der Waals surface area contributed by atoms with E-state index in [1.807, 2.05) is 13.0 Å². The minimum atomic E-state index is -1.53. The van der Waals surface area contributed by atoms with Crippen molar-refractivity contribution < 1.29 is 13.2 Å². The van der Waals surface area contributed by atoms with Crippen LogP contribution in [-0.4, -0.2) is 14.3 Å². The summed E-state index contributed by atoms with van der Waals surface area (Å²) in [7, 11) is 1.79. The van der Waals surface area contributed by atoms with E-state index in [9.17, 15) is 18.0 Å². The highest BCUT2D eigenvalue weighted by Gasteiger charge is 2.17. The number of rotatable bonds is 2. The summed E-state index contributed by atoms with van der Waals surface area (Å²) in [5, 5.41) is 4.86. The molecule has 0 bridgehead atoms. The zero-order valence-electron chi connectivity index (χ0n) is 13.3. The van der Waals surface area contributed by atoms with E-state index in [1.165, 1.54) is 0 Å². The molecule has 0 aliphatic rings. The van der Waals surface area contributed by atoms with Gasteiger partial charge in [0.25, 0.3) is 5.56 Å². The van der Waals surface area contributed by atoms with Crippen molar-refractivity contribution in [2.75, 3.05) is 0 Å². The van der Waals surface area contributed by atoms with Crippen LogP contribution >= 0.6 is 11.3 Å². The van der Waals surface area contributed by atoms with Crippen molar-refractivity contribution in [2.45, 2.75) is 13.5 Å². The van der Waals surface area contributed by atoms with E-state index in [4.69, 9.17) is 0 Å². The predicted octanol–water partition coefficient (Wildman–Crippen LogP) is 3.72. The number of thiophene rings is 1. The SMILES string of the molecule is Cc1cc2c(s1)c1cnn(Cc3cc(F)c(F)c(F)c3)c(=O)c1n2C. The maximum atomic E-state index is 13.4. The summed E-state index contributed by atoms with van der Waals surface area (Å²) in [4.78, 5) is 13.9. The number of halogens is 3. The Bertz CT molecular complexity index is 1180. The third-order valence-electron chi connectivity index (χ3n) is 4.17. The van der Waals surface area contributed by atoms with Gasteiger partial charge < -0.3 is 4.57 Å². The molecule has 0 spiro atoms. The highest BCUT2D eigenvalue weighted by molar-refractivity contribution is 7.20. The monoisotopic (exact) mass is 363 g/mol. The van der Waals surface area contributed by atoms with Gasteiger partial charge >= 0.3 is 0 Å². The van der Waals surface area contributed by atoms with Gasteiger partial charge in [0.15, 0.2) is 17.5 Å². The Morgan fingerprint density at radius 2 is 1.84 bits per heavy atom. The molecule has 25 heavy (non-hydrogen) atoms. The zero-order chi connectivity index (χ0) is 17.9. The minimum Gasteiger partial charge on any atom is -0.338 e. The molecule has 0 atom stereocenters. The molecular weight excluding hydrogens is 351 g/mol. The normalized spacial score (nSPS) is 11.7. The number of benzene rings is 1. The highest BCUT2D eigenvalue weighted by Crippen LogP contribution is 2.32. The van der Waals surface area contributed by atoms with Gasteiger partial charge in [0.1, 0.15) is 5.52 Å². The second-order valence-electron chi connectivity index (χ2n) is 5.87. The van der Waals surface area contributed by atoms with E-state index in [0.717, 1.165) is 37.3 Å². The molecule has 8 heteroatoms. The van der Waals surface area contributed by atoms with Crippen molar-refractivity contribution in [3.63, 3.8) is 0 Å². The first kappa shape index (κ1) is 15.9. The second-order valence-corrected chi connectivity index (χ2v) is 7.13. The standard InChI is InChI=1S/C17H12F3N3OS/c1-8-3-13-16(25-8)10-6-21-23(17(24)15(10)22(13)2)7-9-4-11(18)14(20)12(19)5-9/h3-6H,7H2,1-2H3. The van der Waals surface area contributed by atoms with Gasteiger partial charge in [-0.05, 0) is 30.7 Å². The minimum absolute atomic E-state index is 0.122. The Morgan fingerprint density at radius 3 is 2.52 bits per heavy atom. The summed E-state index contributed by atoms with van der Waals surface area (Å²) < 4.78 is 43.7. The number of hydrogen-bond donors (Lipinski definition) is 0. The van der Waals surface area contributed by atoms with Crippen LogP contribution in [0.3, 0.4) is 0 Å². The summed E-state index contributed by atoms with van der Waals surface area (Å²) in [6.45, 7) is 1.84. The van der Waals surface area contributed by atoms with Gasteiger partial charge in [0.05, 0.1) is 23.0 Å². The Hall–Kier alpha value is -2.61. The van der Waals surface area contributed by atoms with E-state index in [0.29, 0.717) is 5.52 Å². The molecule has 0 fully saturated rings. The van der Waals surface area contributed by atoms with Crippen LogP contribution in [0.4, 0.5) is 13.2 Å². The molecule has 0 N–H and O–H groups in total. The lowest BCUT2D eigenvalue weighted by Crippen LogP contribution is -2.24. The van der Waals surface area contributed by atoms with Crippen molar-refractivity contribution in [1.29, 1.82) is 0 Å². The summed E-state index contributed by atoms with van der Waals surface area (Å²) in [6, 6.07) is 3.72. The molecule has 0 aliphatic carbocycles. The largest absolute Gasteiger partial charge is 0.338 e. The Balaban J connectivity index is 1.88. The third kappa shape index (κ3) is 2.36. The van der Waals surface area contributed by atoms with Crippen LogP contribution in [0.2, 0.25) is 0 Å². The topological polar surface area (TPSA) is 39.8 Å². The van der Waals surface area contributed by atoms with Crippen molar-refractivity contribution in [3.05, 3.63) is 62.6 Å². The molecular formula is C17H12F3N3OS. The van der Waals surface area contributed by atoms with Gasteiger partial charge in [-0.1, -0.05) is 0 Å². The summed E-state index contributed by atoms with van der Waals surface area (Å²) in [5.41, 5.74) is 1.16. The highest BCUT2D eigenvalue weighted by atomic mass is 32.1. The molecule has 4 aromatic rings. The molecule has 3 aromatic heterocycles. The summed E-state index contributed by atoms with van der Waals surface area (Å²) in [6.07, 6.45) is 1.57. The van der Waals surface area contributed by atoms with Crippen molar-refractivity contribution in [1.82, 2.24) is 14.3 Å². The molecule has 1 aromatic carbocycles. The molecule has 3 heterocycles. The van der Waals surface area contributed by atoms with E-state index in [-0.39, 0.29) is 17.7 Å². The summed E-state index contributed by atoms with van der Waals surface area (Å²) in [5.74, 6) is -4.12. The second kappa shape index (κ2) is 5.45. The number of aromatic nitrogens is 3. The van der Waals surface area contributed by atoms with Gasteiger partial charge in [-0.3, -0.25) is 4.79 Å². The third-order valence-corrected chi connectivity index (χ3v) is 5.24. The van der Waals surface area contributed by atoms with E-state index in [2.05, 4.69) is 5.10 Å². The fourth-order valence-corrected chi connectivity index (χ4v) is 4.07. The molecule has 4 rings (SSSR count). The maximum Gasteiger partial charge on any atom is 0.291 e. The van der Waals surface area contributed by atoms with Crippen LogP contribution in [0, 0.1) is 24.4 Å². The summed E-state index contributed by atoms with van der Waals surface area (Å²) >= 11 is 1.58. The van der Waals surface area contributed by atoms with Gasteiger partial charge in [-0.15, -0.1) is 11.3 Å². The molecule has 0 unspecified atom stereocenters. The van der Waals surface area contributed by atoms with E-state index < -0.39 is 17.5 Å². The quantitative estimate of drug-likeness (QED) is 0.509. The molecule has 0 radical (unpaired) electrons. The molecule has 0 saturated carbocycles. The first-order valence-electron chi connectivity index (χ1n) is 7.45. The van der Waals surface area contributed by atoms with Gasteiger partial charge in [-0.2, -0.15) is 5.10 Å². The van der Waals surface area contributed by atoms with Crippen molar-refractivity contribution in [3.8, 4) is 0 Å². The smallest absolute Gasteiger partial charge is 0.291 e. The van der Waals surface area contributed by atoms with Gasteiger partial charge in [0.2, 0.25) is 0 Å². The number of aryl methyl sites for hydroxylation is 2. The van der Waals surface area contributed by atoms with Crippen LogP contribution in [0.15, 0.2) is 29.2 Å². The first-order chi connectivity index (χ1) is 11.9. The number of hydrogen-bond acceptors (Lipinski definition) is 3. The molecule has 0 aliphatic heterocycles. The number of nitrogens with zero attached hydrogens (tertiary/aromatic N) is 3. The average Bonchev–Trinajstić information content (AvgIpc) is 3.05. The van der Waals surface area contributed by atoms with Crippen LogP contribution in [0.1, 0.15) is 10.4 Å². The van der Waals surface area contributed by atoms with Crippen molar-refractivity contribution in [2.24, 2.45) is 7.05 Å². The molecule has 4 nitrogen and oxygen atoms in total. The van der Waals surface area contributed by atoms with E-state index >= 15 is 0 Å².